The number of unbranched alkanes of at least 4 members (excludes halogenated alkanes) is 1. The fraction of sp³-hybridized carbons (Fsp3) is 0.348. The average Bonchev–Trinajstić information content (AvgIpc) is 2.97. The number of pyridine rings is 1. The zero-order valence-corrected chi connectivity index (χ0v) is 16.4. The summed E-state index contributed by atoms with van der Waals surface area (Å²) in [6, 6.07) is 14.8. The van der Waals surface area contributed by atoms with Gasteiger partial charge in [0.2, 0.25) is 0 Å². The van der Waals surface area contributed by atoms with Gasteiger partial charge in [0.1, 0.15) is 11.6 Å². The minimum atomic E-state index is 0.728. The minimum Gasteiger partial charge on any atom is -0.370 e. The van der Waals surface area contributed by atoms with E-state index in [1.54, 1.807) is 6.20 Å². The summed E-state index contributed by atoms with van der Waals surface area (Å²) in [5, 5.41) is 3.47. The highest BCUT2D eigenvalue weighted by Gasteiger charge is 2.17. The van der Waals surface area contributed by atoms with Crippen LogP contribution in [-0.2, 0) is 12.8 Å². The third-order valence-corrected chi connectivity index (χ3v) is 5.21. The summed E-state index contributed by atoms with van der Waals surface area (Å²) in [6.45, 7) is 5.05. The topological polar surface area (TPSA) is 53.9 Å². The van der Waals surface area contributed by atoms with Crippen LogP contribution < -0.4 is 10.2 Å². The molecule has 4 rings (SSSR count). The third kappa shape index (κ3) is 4.30. The van der Waals surface area contributed by atoms with Gasteiger partial charge >= 0.3 is 0 Å². The maximum atomic E-state index is 4.89. The van der Waals surface area contributed by atoms with E-state index < -0.39 is 0 Å². The molecule has 0 aliphatic carbocycles. The zero-order chi connectivity index (χ0) is 19.2. The monoisotopic (exact) mass is 373 g/mol. The normalized spacial score (nSPS) is 13.7. The first-order valence-corrected chi connectivity index (χ1v) is 10.2. The third-order valence-electron chi connectivity index (χ3n) is 5.21. The van der Waals surface area contributed by atoms with Crippen LogP contribution in [0.4, 0.5) is 11.6 Å². The van der Waals surface area contributed by atoms with Crippen LogP contribution in [0.5, 0.6) is 0 Å². The Morgan fingerprint density at radius 1 is 1.00 bits per heavy atom. The summed E-state index contributed by atoms with van der Waals surface area (Å²) in [6.07, 6.45) is 7.97. The van der Waals surface area contributed by atoms with Crippen molar-refractivity contribution in [1.29, 1.82) is 0 Å². The largest absolute Gasteiger partial charge is 0.370 e. The van der Waals surface area contributed by atoms with E-state index in [0.717, 1.165) is 68.3 Å². The number of hydrogen-bond donors (Lipinski definition) is 1. The fourth-order valence-corrected chi connectivity index (χ4v) is 3.60. The van der Waals surface area contributed by atoms with E-state index in [-0.39, 0.29) is 0 Å². The van der Waals surface area contributed by atoms with E-state index in [4.69, 9.17) is 9.97 Å². The van der Waals surface area contributed by atoms with Gasteiger partial charge in [-0.15, -0.1) is 0 Å². The van der Waals surface area contributed by atoms with E-state index in [1.165, 1.54) is 11.1 Å². The molecule has 0 saturated carbocycles. The minimum absolute atomic E-state index is 0.728. The van der Waals surface area contributed by atoms with E-state index in [2.05, 4.69) is 52.5 Å². The standard InChI is InChI=1S/C23H27N5/c1-2-3-13-25-21-16-22(27-23(26-21)20-9-6-12-24-17-20)28-14-10-18-7-4-5-8-19(18)11-15-28/h4-9,12,16-17H,2-3,10-11,13-15H2,1H3,(H,25,26,27). The lowest BCUT2D eigenvalue weighted by atomic mass is 10.0. The molecule has 0 unspecified atom stereocenters. The van der Waals surface area contributed by atoms with E-state index in [9.17, 15) is 0 Å². The lowest BCUT2D eigenvalue weighted by Gasteiger charge is -2.22. The summed E-state index contributed by atoms with van der Waals surface area (Å²) in [5.74, 6) is 2.60. The van der Waals surface area contributed by atoms with Crippen LogP contribution in [0.3, 0.4) is 0 Å². The van der Waals surface area contributed by atoms with Crippen LogP contribution in [0.15, 0.2) is 54.9 Å². The summed E-state index contributed by atoms with van der Waals surface area (Å²) < 4.78 is 0. The Morgan fingerprint density at radius 2 is 1.79 bits per heavy atom. The van der Waals surface area contributed by atoms with Crippen LogP contribution in [0.2, 0.25) is 0 Å². The van der Waals surface area contributed by atoms with Gasteiger partial charge < -0.3 is 10.2 Å². The molecule has 0 spiro atoms. The maximum absolute atomic E-state index is 4.89. The van der Waals surface area contributed by atoms with Gasteiger partial charge in [0.05, 0.1) is 0 Å². The smallest absolute Gasteiger partial charge is 0.165 e. The molecule has 1 aliphatic rings. The highest BCUT2D eigenvalue weighted by Crippen LogP contribution is 2.25. The second-order valence-electron chi connectivity index (χ2n) is 7.21. The molecule has 5 nitrogen and oxygen atoms in total. The van der Waals surface area contributed by atoms with Crippen LogP contribution >= 0.6 is 0 Å². The SMILES string of the molecule is CCCCNc1cc(N2CCc3ccccc3CC2)nc(-c2cccnc2)n1. The maximum Gasteiger partial charge on any atom is 0.165 e. The molecule has 144 valence electrons. The Labute approximate surface area is 166 Å². The van der Waals surface area contributed by atoms with Crippen molar-refractivity contribution in [2.24, 2.45) is 0 Å². The summed E-state index contributed by atoms with van der Waals surface area (Å²) in [7, 11) is 0. The molecule has 1 N–H and O–H groups in total. The van der Waals surface area contributed by atoms with Crippen molar-refractivity contribution in [2.75, 3.05) is 29.9 Å². The molecule has 1 aromatic carbocycles. The first-order valence-electron chi connectivity index (χ1n) is 10.2. The lowest BCUT2D eigenvalue weighted by molar-refractivity contribution is 0.787. The van der Waals surface area contributed by atoms with Gasteiger partial charge in [-0.3, -0.25) is 4.98 Å². The molecule has 0 radical (unpaired) electrons. The molecular formula is C23H27N5. The fourth-order valence-electron chi connectivity index (χ4n) is 3.60. The first kappa shape index (κ1) is 18.4. The van der Waals surface area contributed by atoms with Gasteiger partial charge in [-0.1, -0.05) is 37.6 Å². The molecule has 28 heavy (non-hydrogen) atoms. The highest BCUT2D eigenvalue weighted by molar-refractivity contribution is 5.61. The molecular weight excluding hydrogens is 346 g/mol. The van der Waals surface area contributed by atoms with Gasteiger partial charge in [-0.05, 0) is 42.5 Å². The van der Waals surface area contributed by atoms with Crippen molar-refractivity contribution in [3.63, 3.8) is 0 Å². The Hall–Kier alpha value is -2.95. The van der Waals surface area contributed by atoms with Crippen LogP contribution in [0.25, 0.3) is 11.4 Å². The van der Waals surface area contributed by atoms with E-state index in [1.807, 2.05) is 18.3 Å². The summed E-state index contributed by atoms with van der Waals surface area (Å²) in [4.78, 5) is 16.3. The average molecular weight is 374 g/mol. The van der Waals surface area contributed by atoms with Gasteiger partial charge in [-0.2, -0.15) is 0 Å². The zero-order valence-electron chi connectivity index (χ0n) is 16.4. The second kappa shape index (κ2) is 8.83. The van der Waals surface area contributed by atoms with E-state index >= 15 is 0 Å². The van der Waals surface area contributed by atoms with Crippen LogP contribution in [-0.4, -0.2) is 34.6 Å². The first-order chi connectivity index (χ1) is 13.8. The number of anilines is 2. The van der Waals surface area contributed by atoms with Crippen molar-refractivity contribution in [2.45, 2.75) is 32.6 Å². The van der Waals surface area contributed by atoms with Crippen molar-refractivity contribution in [1.82, 2.24) is 15.0 Å². The Balaban J connectivity index is 1.63. The molecule has 3 heterocycles. The number of nitrogens with one attached hydrogen (secondary N) is 1. The lowest BCUT2D eigenvalue weighted by Crippen LogP contribution is -2.27. The Bertz CT molecular complexity index is 883. The van der Waals surface area contributed by atoms with Gasteiger partial charge in [0, 0.05) is 43.7 Å². The molecule has 0 bridgehead atoms. The number of aromatic nitrogens is 3. The quantitative estimate of drug-likeness (QED) is 0.651. The molecule has 3 aromatic rings. The molecule has 1 aliphatic heterocycles. The van der Waals surface area contributed by atoms with Crippen LogP contribution in [0, 0.1) is 0 Å². The predicted molar refractivity (Wildman–Crippen MR) is 115 cm³/mol. The summed E-state index contributed by atoms with van der Waals surface area (Å²) >= 11 is 0. The molecule has 0 amide bonds. The Kier molecular flexibility index (Phi) is 5.80. The number of benzene rings is 1. The molecule has 0 atom stereocenters. The number of hydrogen-bond acceptors (Lipinski definition) is 5. The molecule has 0 saturated heterocycles. The van der Waals surface area contributed by atoms with Crippen LogP contribution in [0.1, 0.15) is 30.9 Å². The number of fused-ring (bicyclic) bond motifs is 1. The van der Waals surface area contributed by atoms with Crippen molar-refractivity contribution < 1.29 is 0 Å². The molecule has 2 aromatic heterocycles. The van der Waals surface area contributed by atoms with Crippen molar-refractivity contribution in [3.05, 3.63) is 66.0 Å². The predicted octanol–water partition coefficient (Wildman–Crippen LogP) is 4.36. The van der Waals surface area contributed by atoms with Crippen molar-refractivity contribution >= 4 is 11.6 Å². The highest BCUT2D eigenvalue weighted by atomic mass is 15.2. The van der Waals surface area contributed by atoms with Gasteiger partial charge in [0.25, 0.3) is 0 Å². The number of rotatable bonds is 6. The van der Waals surface area contributed by atoms with E-state index in [0.29, 0.717) is 0 Å². The number of nitrogens with zero attached hydrogens (tertiary/aromatic N) is 4. The molecule has 0 fully saturated rings. The van der Waals surface area contributed by atoms with Crippen molar-refractivity contribution in [3.8, 4) is 11.4 Å². The Morgan fingerprint density at radius 3 is 2.46 bits per heavy atom. The molecule has 5 heteroatoms. The second-order valence-corrected chi connectivity index (χ2v) is 7.21. The summed E-state index contributed by atoms with van der Waals surface area (Å²) in [5.41, 5.74) is 3.85. The van der Waals surface area contributed by atoms with Gasteiger partial charge in [0.15, 0.2) is 5.82 Å². The van der Waals surface area contributed by atoms with Gasteiger partial charge in [-0.25, -0.2) is 9.97 Å².